The first kappa shape index (κ1) is 22.4. The summed E-state index contributed by atoms with van der Waals surface area (Å²) in [5.41, 5.74) is 1.10. The Morgan fingerprint density at radius 1 is 1.00 bits per heavy atom. The van der Waals surface area contributed by atoms with E-state index in [0.29, 0.717) is 30.2 Å². The largest absolute Gasteiger partial charge is 0.508 e. The number of phenolic OH excluding ortho intramolecular Hbond substituents is 1. The number of aliphatic hydroxyl groups is 1. The van der Waals surface area contributed by atoms with Gasteiger partial charge < -0.3 is 19.8 Å². The summed E-state index contributed by atoms with van der Waals surface area (Å²) < 4.78 is 33.3. The number of hydrogen-bond acceptors (Lipinski definition) is 6. The number of fused-ring (bicyclic) bond motifs is 1. The quantitative estimate of drug-likeness (QED) is 0.334. The molecule has 3 aromatic rings. The molecule has 2 aliphatic heterocycles. The maximum Gasteiger partial charge on any atom is 0.300 e. The number of nitrogens with zero attached hydrogens (tertiary/aromatic N) is 2. The molecule has 2 aliphatic rings. The molecule has 5 rings (SSSR count). The molecule has 1 unspecified atom stereocenters. The van der Waals surface area contributed by atoms with Gasteiger partial charge in [0.2, 0.25) is 0 Å². The van der Waals surface area contributed by atoms with E-state index in [1.54, 1.807) is 18.2 Å². The molecule has 178 valence electrons. The van der Waals surface area contributed by atoms with Gasteiger partial charge in [0.1, 0.15) is 23.9 Å². The van der Waals surface area contributed by atoms with Gasteiger partial charge >= 0.3 is 0 Å². The van der Waals surface area contributed by atoms with Gasteiger partial charge in [-0.2, -0.15) is 0 Å². The number of rotatable bonds is 3. The zero-order valence-electron chi connectivity index (χ0n) is 18.5. The fourth-order valence-corrected chi connectivity index (χ4v) is 4.36. The van der Waals surface area contributed by atoms with Gasteiger partial charge in [0.05, 0.1) is 23.8 Å². The van der Waals surface area contributed by atoms with E-state index < -0.39 is 35.1 Å². The van der Waals surface area contributed by atoms with Crippen LogP contribution in [-0.4, -0.2) is 42.1 Å². The summed E-state index contributed by atoms with van der Waals surface area (Å²) in [5.74, 6) is -4.13. The lowest BCUT2D eigenvalue weighted by molar-refractivity contribution is -0.132. The molecule has 7 nitrogen and oxygen atoms in total. The number of carbonyl (C=O) groups is 2. The maximum atomic E-state index is 14.0. The van der Waals surface area contributed by atoms with E-state index in [1.165, 1.54) is 30.3 Å². The number of benzene rings is 3. The first-order valence-electron chi connectivity index (χ1n) is 10.8. The smallest absolute Gasteiger partial charge is 0.300 e. The third-order valence-corrected chi connectivity index (χ3v) is 6.16. The number of anilines is 2. The molecule has 2 N–H and O–H groups in total. The number of Topliss-reactive ketones (excluding diaryl/α,β-unsaturated/α-hetero) is 1. The third-order valence-electron chi connectivity index (χ3n) is 6.16. The third kappa shape index (κ3) is 3.74. The van der Waals surface area contributed by atoms with Crippen molar-refractivity contribution >= 4 is 28.8 Å². The Kier molecular flexibility index (Phi) is 5.39. The van der Waals surface area contributed by atoms with Crippen molar-refractivity contribution in [1.82, 2.24) is 0 Å². The van der Waals surface area contributed by atoms with Crippen molar-refractivity contribution < 1.29 is 33.3 Å². The van der Waals surface area contributed by atoms with E-state index in [2.05, 4.69) is 0 Å². The lowest BCUT2D eigenvalue weighted by Gasteiger charge is -2.28. The van der Waals surface area contributed by atoms with Crippen LogP contribution >= 0.6 is 0 Å². The highest BCUT2D eigenvalue weighted by atomic mass is 19.2. The molecule has 2 heterocycles. The minimum atomic E-state index is -1.19. The Morgan fingerprint density at radius 3 is 2.46 bits per heavy atom. The van der Waals surface area contributed by atoms with Gasteiger partial charge in [0.25, 0.3) is 11.7 Å². The van der Waals surface area contributed by atoms with Crippen LogP contribution in [0.4, 0.5) is 20.2 Å². The van der Waals surface area contributed by atoms with Gasteiger partial charge in [-0.1, -0.05) is 12.1 Å². The number of amides is 1. The molecule has 1 atom stereocenters. The average molecular weight is 478 g/mol. The summed E-state index contributed by atoms with van der Waals surface area (Å²) >= 11 is 0. The van der Waals surface area contributed by atoms with Gasteiger partial charge in [-0.25, -0.2) is 8.78 Å². The first-order chi connectivity index (χ1) is 16.8. The number of ketones is 1. The predicted molar refractivity (Wildman–Crippen MR) is 124 cm³/mol. The molecule has 9 heteroatoms. The zero-order chi connectivity index (χ0) is 24.9. The molecule has 0 saturated carbocycles. The molecular formula is C26H20F2N2O5. The van der Waals surface area contributed by atoms with Crippen LogP contribution in [0, 0.1) is 11.6 Å². The Labute approximate surface area is 199 Å². The predicted octanol–water partition coefficient (Wildman–Crippen LogP) is 4.13. The van der Waals surface area contributed by atoms with Gasteiger partial charge in [-0.15, -0.1) is 0 Å². The molecule has 35 heavy (non-hydrogen) atoms. The van der Waals surface area contributed by atoms with Crippen LogP contribution < -0.4 is 14.5 Å². The Bertz CT molecular complexity index is 1390. The van der Waals surface area contributed by atoms with Crippen LogP contribution in [-0.2, 0) is 9.59 Å². The highest BCUT2D eigenvalue weighted by Gasteiger charge is 2.47. The molecule has 0 aromatic heterocycles. The van der Waals surface area contributed by atoms with E-state index in [9.17, 15) is 28.6 Å². The zero-order valence-corrected chi connectivity index (χ0v) is 18.5. The molecule has 0 spiro atoms. The van der Waals surface area contributed by atoms with Gasteiger partial charge in [0.15, 0.2) is 11.6 Å². The number of halogens is 2. The second kappa shape index (κ2) is 8.43. The normalized spacial score (nSPS) is 19.0. The van der Waals surface area contributed by atoms with Crippen molar-refractivity contribution in [2.45, 2.75) is 6.04 Å². The van der Waals surface area contributed by atoms with E-state index in [4.69, 9.17) is 4.74 Å². The standard InChI is InChI=1S/C26H20F2N2O5/c1-29-10-11-35-21-9-4-15(12-20(21)29)24(32)22-23(14-2-6-17(31)7-3-14)30(26(34)25(22)33)16-5-8-18(27)19(28)13-16/h2-9,12-13,23,31-32H,10-11H2,1H3/b24-22-. The Morgan fingerprint density at radius 2 is 1.74 bits per heavy atom. The molecule has 1 amide bonds. The van der Waals surface area contributed by atoms with Crippen molar-refractivity contribution in [3.63, 3.8) is 0 Å². The van der Waals surface area contributed by atoms with Crippen LogP contribution in [0.1, 0.15) is 17.2 Å². The number of aliphatic hydroxyl groups excluding tert-OH is 1. The molecule has 3 aromatic carbocycles. The first-order valence-corrected chi connectivity index (χ1v) is 10.8. The van der Waals surface area contributed by atoms with Crippen LogP contribution in [0.5, 0.6) is 11.5 Å². The molecule has 0 radical (unpaired) electrons. The number of hydrogen-bond donors (Lipinski definition) is 2. The van der Waals surface area contributed by atoms with Crippen LogP contribution in [0.15, 0.2) is 66.2 Å². The second-order valence-corrected chi connectivity index (χ2v) is 8.31. The maximum absolute atomic E-state index is 14.0. The molecule has 1 saturated heterocycles. The van der Waals surface area contributed by atoms with Crippen molar-refractivity contribution in [1.29, 1.82) is 0 Å². The van der Waals surface area contributed by atoms with Crippen molar-refractivity contribution in [2.75, 3.05) is 30.0 Å². The van der Waals surface area contributed by atoms with Gasteiger partial charge in [0, 0.05) is 24.4 Å². The summed E-state index contributed by atoms with van der Waals surface area (Å²) in [4.78, 5) is 29.3. The lowest BCUT2D eigenvalue weighted by Crippen LogP contribution is -2.29. The Balaban J connectivity index is 1.70. The Hall–Kier alpha value is -4.40. The SMILES string of the molecule is CN1CCOc2ccc(/C(O)=C3/C(=O)C(=O)N(c4ccc(F)c(F)c4)C3c3ccc(O)cc3)cc21. The number of carbonyl (C=O) groups excluding carboxylic acids is 2. The molecular weight excluding hydrogens is 458 g/mol. The summed E-state index contributed by atoms with van der Waals surface area (Å²) in [6.45, 7) is 1.14. The van der Waals surface area contributed by atoms with Gasteiger partial charge in [-0.05, 0) is 48.0 Å². The van der Waals surface area contributed by atoms with Crippen molar-refractivity contribution in [3.8, 4) is 11.5 Å². The van der Waals surface area contributed by atoms with Crippen molar-refractivity contribution in [3.05, 3.63) is 89.0 Å². The monoisotopic (exact) mass is 478 g/mol. The number of likely N-dealkylation sites (N-methyl/N-ethyl adjacent to an activating group) is 1. The van der Waals surface area contributed by atoms with E-state index >= 15 is 0 Å². The van der Waals surface area contributed by atoms with E-state index in [0.717, 1.165) is 17.0 Å². The molecule has 0 bridgehead atoms. The second-order valence-electron chi connectivity index (χ2n) is 8.31. The number of phenols is 1. The number of ether oxygens (including phenoxy) is 1. The van der Waals surface area contributed by atoms with Crippen LogP contribution in [0.2, 0.25) is 0 Å². The summed E-state index contributed by atoms with van der Waals surface area (Å²) in [6.07, 6.45) is 0. The van der Waals surface area contributed by atoms with E-state index in [-0.39, 0.29) is 22.6 Å². The fraction of sp³-hybridized carbons (Fsp3) is 0.154. The van der Waals surface area contributed by atoms with Gasteiger partial charge in [-0.3, -0.25) is 14.5 Å². The summed E-state index contributed by atoms with van der Waals surface area (Å²) in [6, 6.07) is 12.3. The minimum Gasteiger partial charge on any atom is -0.508 e. The van der Waals surface area contributed by atoms with Crippen molar-refractivity contribution in [2.24, 2.45) is 0 Å². The van der Waals surface area contributed by atoms with E-state index in [1.807, 2.05) is 11.9 Å². The van der Waals surface area contributed by atoms with Crippen LogP contribution in [0.25, 0.3) is 5.76 Å². The topological polar surface area (TPSA) is 90.3 Å². The fourth-order valence-electron chi connectivity index (χ4n) is 4.36. The minimum absolute atomic E-state index is 0.0451. The highest BCUT2D eigenvalue weighted by Crippen LogP contribution is 2.43. The highest BCUT2D eigenvalue weighted by molar-refractivity contribution is 6.51. The average Bonchev–Trinajstić information content (AvgIpc) is 3.11. The van der Waals surface area contributed by atoms with Crippen LogP contribution in [0.3, 0.4) is 0 Å². The molecule has 1 fully saturated rings. The number of aromatic hydroxyl groups is 1. The lowest BCUT2D eigenvalue weighted by atomic mass is 9.94. The molecule has 0 aliphatic carbocycles. The summed E-state index contributed by atoms with van der Waals surface area (Å²) in [5, 5.41) is 21.0. The summed E-state index contributed by atoms with van der Waals surface area (Å²) in [7, 11) is 1.86.